The number of nitro benzene ring substituents is 1. The van der Waals surface area contributed by atoms with Crippen molar-refractivity contribution in [1.29, 1.82) is 0 Å². The van der Waals surface area contributed by atoms with Gasteiger partial charge >= 0.3 is 0 Å². The van der Waals surface area contributed by atoms with E-state index in [1.807, 2.05) is 0 Å². The summed E-state index contributed by atoms with van der Waals surface area (Å²) < 4.78 is 19.0. The molecule has 1 fully saturated rings. The molecule has 0 saturated heterocycles. The molecule has 1 N–H and O–H groups in total. The summed E-state index contributed by atoms with van der Waals surface area (Å²) in [5.41, 5.74) is 0.0950. The maximum absolute atomic E-state index is 13.7. The zero-order valence-corrected chi connectivity index (χ0v) is 10.8. The quantitative estimate of drug-likeness (QED) is 0.673. The minimum atomic E-state index is -0.601. The number of nitrogens with one attached hydrogen (secondary N) is 1. The first-order valence-corrected chi connectivity index (χ1v) is 6.33. The standard InChI is InChI=1S/C13H17FN2O3/c1-19-11-5-2-9(3-6-11)15-13-7-4-10(16(17)18)8-12(13)14/h4,7-9,11,15H,2-3,5-6H2,1H3. The van der Waals surface area contributed by atoms with E-state index in [1.54, 1.807) is 7.11 Å². The van der Waals surface area contributed by atoms with Gasteiger partial charge in [0.1, 0.15) is 0 Å². The predicted molar refractivity (Wildman–Crippen MR) is 69.7 cm³/mol. The maximum atomic E-state index is 13.7. The summed E-state index contributed by atoms with van der Waals surface area (Å²) in [7, 11) is 1.70. The van der Waals surface area contributed by atoms with Crippen LogP contribution in [0, 0.1) is 15.9 Å². The highest BCUT2D eigenvalue weighted by atomic mass is 19.1. The van der Waals surface area contributed by atoms with Gasteiger partial charge in [-0.1, -0.05) is 0 Å². The van der Waals surface area contributed by atoms with Crippen LogP contribution in [0.5, 0.6) is 0 Å². The second-order valence-electron chi connectivity index (χ2n) is 4.77. The first-order chi connectivity index (χ1) is 9.10. The van der Waals surface area contributed by atoms with Gasteiger partial charge in [0, 0.05) is 19.2 Å². The molecule has 1 aliphatic rings. The van der Waals surface area contributed by atoms with E-state index in [0.29, 0.717) is 11.8 Å². The Morgan fingerprint density at radius 2 is 2.05 bits per heavy atom. The van der Waals surface area contributed by atoms with Gasteiger partial charge in [0.05, 0.1) is 22.8 Å². The van der Waals surface area contributed by atoms with Crippen molar-refractivity contribution in [3.05, 3.63) is 34.1 Å². The fourth-order valence-electron chi connectivity index (χ4n) is 2.40. The van der Waals surface area contributed by atoms with Gasteiger partial charge in [-0.2, -0.15) is 0 Å². The van der Waals surface area contributed by atoms with E-state index in [4.69, 9.17) is 4.74 Å². The second kappa shape index (κ2) is 5.97. The lowest BCUT2D eigenvalue weighted by Crippen LogP contribution is -2.29. The number of nitrogens with zero attached hydrogens (tertiary/aromatic N) is 1. The lowest BCUT2D eigenvalue weighted by molar-refractivity contribution is -0.385. The lowest BCUT2D eigenvalue weighted by atomic mass is 9.93. The fourth-order valence-corrected chi connectivity index (χ4v) is 2.40. The van der Waals surface area contributed by atoms with E-state index < -0.39 is 10.7 Å². The van der Waals surface area contributed by atoms with E-state index in [-0.39, 0.29) is 11.7 Å². The van der Waals surface area contributed by atoms with E-state index in [2.05, 4.69) is 5.32 Å². The number of hydrogen-bond acceptors (Lipinski definition) is 4. The van der Waals surface area contributed by atoms with Crippen LogP contribution in [0.15, 0.2) is 18.2 Å². The van der Waals surface area contributed by atoms with Gasteiger partial charge in [-0.15, -0.1) is 0 Å². The minimum absolute atomic E-state index is 0.197. The molecule has 1 saturated carbocycles. The van der Waals surface area contributed by atoms with Crippen molar-refractivity contribution in [3.8, 4) is 0 Å². The molecule has 0 unspecified atom stereocenters. The molecule has 104 valence electrons. The minimum Gasteiger partial charge on any atom is -0.381 e. The van der Waals surface area contributed by atoms with Crippen molar-refractivity contribution in [3.63, 3.8) is 0 Å². The number of anilines is 1. The van der Waals surface area contributed by atoms with Gasteiger partial charge in [0.15, 0.2) is 5.82 Å². The van der Waals surface area contributed by atoms with Crippen molar-refractivity contribution >= 4 is 11.4 Å². The van der Waals surface area contributed by atoms with Crippen LogP contribution >= 0.6 is 0 Å². The Hall–Kier alpha value is -1.69. The number of non-ortho nitro benzene ring substituents is 1. The molecule has 6 heteroatoms. The third-order valence-corrected chi connectivity index (χ3v) is 3.53. The third kappa shape index (κ3) is 3.41. The Morgan fingerprint density at radius 3 is 2.58 bits per heavy atom. The van der Waals surface area contributed by atoms with E-state index >= 15 is 0 Å². The van der Waals surface area contributed by atoms with Crippen LogP contribution in [0.4, 0.5) is 15.8 Å². The van der Waals surface area contributed by atoms with Crippen LogP contribution in [-0.2, 0) is 4.74 Å². The first-order valence-electron chi connectivity index (χ1n) is 6.33. The molecule has 0 spiro atoms. The van der Waals surface area contributed by atoms with Gasteiger partial charge in [-0.25, -0.2) is 4.39 Å². The van der Waals surface area contributed by atoms with Crippen molar-refractivity contribution < 1.29 is 14.1 Å². The van der Waals surface area contributed by atoms with E-state index in [0.717, 1.165) is 31.7 Å². The third-order valence-electron chi connectivity index (χ3n) is 3.53. The summed E-state index contributed by atoms with van der Waals surface area (Å²) in [4.78, 5) is 9.93. The monoisotopic (exact) mass is 268 g/mol. The van der Waals surface area contributed by atoms with Crippen LogP contribution in [0.25, 0.3) is 0 Å². The number of nitro groups is 1. The number of halogens is 1. The molecule has 0 aromatic heterocycles. The van der Waals surface area contributed by atoms with Crippen LogP contribution in [0.1, 0.15) is 25.7 Å². The lowest BCUT2D eigenvalue weighted by Gasteiger charge is -2.28. The molecule has 1 aromatic carbocycles. The SMILES string of the molecule is COC1CCC(Nc2ccc([N+](=O)[O-])cc2F)CC1. The molecule has 0 heterocycles. The Kier molecular flexibility index (Phi) is 4.31. The number of rotatable bonds is 4. The zero-order chi connectivity index (χ0) is 13.8. The largest absolute Gasteiger partial charge is 0.381 e. The highest BCUT2D eigenvalue weighted by Crippen LogP contribution is 2.26. The van der Waals surface area contributed by atoms with Gasteiger partial charge in [-0.05, 0) is 31.7 Å². The molecule has 0 aliphatic heterocycles. The van der Waals surface area contributed by atoms with Crippen molar-refractivity contribution in [2.45, 2.75) is 37.8 Å². The summed E-state index contributed by atoms with van der Waals surface area (Å²) in [6.45, 7) is 0. The highest BCUT2D eigenvalue weighted by molar-refractivity contribution is 5.50. The van der Waals surface area contributed by atoms with E-state index in [9.17, 15) is 14.5 Å². The van der Waals surface area contributed by atoms with E-state index in [1.165, 1.54) is 12.1 Å². The van der Waals surface area contributed by atoms with Gasteiger partial charge in [0.2, 0.25) is 0 Å². The van der Waals surface area contributed by atoms with Crippen molar-refractivity contribution in [2.24, 2.45) is 0 Å². The molecular formula is C13H17FN2O3. The second-order valence-corrected chi connectivity index (χ2v) is 4.77. The van der Waals surface area contributed by atoms with Gasteiger partial charge in [-0.3, -0.25) is 10.1 Å². The summed E-state index contributed by atoms with van der Waals surface area (Å²) in [5.74, 6) is -0.580. The molecule has 1 aliphatic carbocycles. The summed E-state index contributed by atoms with van der Waals surface area (Å²) in [5, 5.41) is 13.6. The number of benzene rings is 1. The molecular weight excluding hydrogens is 251 g/mol. The van der Waals surface area contributed by atoms with Crippen molar-refractivity contribution in [2.75, 3.05) is 12.4 Å². The molecule has 0 bridgehead atoms. The molecule has 1 aromatic rings. The normalized spacial score (nSPS) is 23.1. The van der Waals surface area contributed by atoms with Crippen LogP contribution in [0.3, 0.4) is 0 Å². The highest BCUT2D eigenvalue weighted by Gasteiger charge is 2.21. The molecule has 0 amide bonds. The number of methoxy groups -OCH3 is 1. The first kappa shape index (κ1) is 13.7. The average Bonchev–Trinajstić information content (AvgIpc) is 2.41. The molecule has 2 rings (SSSR count). The molecule has 19 heavy (non-hydrogen) atoms. The number of ether oxygens (including phenoxy) is 1. The Labute approximate surface area is 110 Å². The fraction of sp³-hybridized carbons (Fsp3) is 0.538. The molecule has 0 radical (unpaired) electrons. The average molecular weight is 268 g/mol. The Bertz CT molecular complexity index is 459. The maximum Gasteiger partial charge on any atom is 0.272 e. The predicted octanol–water partition coefficient (Wildman–Crippen LogP) is 3.10. The summed E-state index contributed by atoms with van der Waals surface area (Å²) in [6, 6.07) is 3.88. The van der Waals surface area contributed by atoms with Crippen LogP contribution in [0.2, 0.25) is 0 Å². The molecule has 5 nitrogen and oxygen atoms in total. The van der Waals surface area contributed by atoms with Gasteiger partial charge in [0.25, 0.3) is 5.69 Å². The topological polar surface area (TPSA) is 64.4 Å². The smallest absolute Gasteiger partial charge is 0.272 e. The van der Waals surface area contributed by atoms with Crippen molar-refractivity contribution in [1.82, 2.24) is 0 Å². The summed E-state index contributed by atoms with van der Waals surface area (Å²) in [6.07, 6.45) is 4.01. The Morgan fingerprint density at radius 1 is 1.37 bits per heavy atom. The Balaban J connectivity index is 1.98. The summed E-state index contributed by atoms with van der Waals surface area (Å²) >= 11 is 0. The molecule has 0 atom stereocenters. The van der Waals surface area contributed by atoms with Crippen LogP contribution in [-0.4, -0.2) is 24.2 Å². The van der Waals surface area contributed by atoms with Gasteiger partial charge < -0.3 is 10.1 Å². The zero-order valence-electron chi connectivity index (χ0n) is 10.8. The number of hydrogen-bond donors (Lipinski definition) is 1. The van der Waals surface area contributed by atoms with Crippen LogP contribution < -0.4 is 5.32 Å².